The lowest BCUT2D eigenvalue weighted by molar-refractivity contribution is -0.141. The molecule has 214 valence electrons. The Morgan fingerprint density at radius 2 is 0.811 bits per heavy atom. The van der Waals surface area contributed by atoms with E-state index in [0.29, 0.717) is 112 Å². The number of methoxy groups -OCH3 is 1. The second kappa shape index (κ2) is 27.2. The summed E-state index contributed by atoms with van der Waals surface area (Å²) < 4.78 is 53.3. The number of para-hydroxylation sites is 1. The zero-order chi connectivity index (χ0) is 26.5. The Hall–Kier alpha value is -1.83. The average molecular weight is 533 g/mol. The minimum Gasteiger partial charge on any atom is -0.491 e. The van der Waals surface area contributed by atoms with Gasteiger partial charge >= 0.3 is 5.97 Å². The predicted octanol–water partition coefficient (Wildman–Crippen LogP) is 1.76. The van der Waals surface area contributed by atoms with Crippen molar-refractivity contribution in [1.82, 2.24) is 0 Å². The summed E-state index contributed by atoms with van der Waals surface area (Å²) >= 11 is 0. The molecule has 0 aliphatic carbocycles. The molecule has 0 aromatic heterocycles. The standard InChI is InChI=1S/C26H44O11/c1-28-26(27)7-8-29-9-10-30-11-12-31-13-14-32-15-16-33-17-18-34-19-20-35-21-22-36-23-24-37-25-5-3-2-4-6-25/h2-6H,7-24H2,1H3. The van der Waals surface area contributed by atoms with Crippen LogP contribution in [0.1, 0.15) is 6.42 Å². The second-order valence-corrected chi connectivity index (χ2v) is 7.39. The normalized spacial score (nSPS) is 11.1. The molecule has 11 nitrogen and oxygen atoms in total. The molecule has 0 radical (unpaired) electrons. The number of carbonyl (C=O) groups excluding carboxylic acids is 1. The summed E-state index contributed by atoms with van der Waals surface area (Å²) in [5, 5.41) is 0. The molecule has 0 saturated heterocycles. The molecule has 11 heteroatoms. The third-order valence-electron chi connectivity index (χ3n) is 4.52. The van der Waals surface area contributed by atoms with Crippen LogP contribution in [0.3, 0.4) is 0 Å². The second-order valence-electron chi connectivity index (χ2n) is 7.39. The number of esters is 1. The highest BCUT2D eigenvalue weighted by Gasteiger charge is 1.99. The zero-order valence-corrected chi connectivity index (χ0v) is 22.1. The summed E-state index contributed by atoms with van der Waals surface area (Å²) in [4.78, 5) is 10.9. The van der Waals surface area contributed by atoms with Crippen molar-refractivity contribution in [3.05, 3.63) is 30.3 Å². The number of rotatable bonds is 28. The van der Waals surface area contributed by atoms with Gasteiger partial charge < -0.3 is 47.4 Å². The summed E-state index contributed by atoms with van der Waals surface area (Å²) in [6.07, 6.45) is 0.249. The molecule has 0 unspecified atom stereocenters. The molecule has 0 amide bonds. The van der Waals surface area contributed by atoms with Crippen molar-refractivity contribution in [3.8, 4) is 5.75 Å². The summed E-state index contributed by atoms with van der Waals surface area (Å²) in [7, 11) is 1.35. The molecule has 0 bridgehead atoms. The van der Waals surface area contributed by atoms with Crippen LogP contribution >= 0.6 is 0 Å². The van der Waals surface area contributed by atoms with E-state index < -0.39 is 0 Å². The van der Waals surface area contributed by atoms with Gasteiger partial charge in [0.25, 0.3) is 0 Å². The molecule has 0 fully saturated rings. The van der Waals surface area contributed by atoms with E-state index in [1.54, 1.807) is 0 Å². The minimum atomic E-state index is -0.283. The topological polar surface area (TPSA) is 109 Å². The first-order valence-electron chi connectivity index (χ1n) is 12.7. The van der Waals surface area contributed by atoms with Crippen LogP contribution < -0.4 is 4.74 Å². The monoisotopic (exact) mass is 532 g/mol. The lowest BCUT2D eigenvalue weighted by Crippen LogP contribution is -2.15. The molecule has 0 aliphatic rings. The highest BCUT2D eigenvalue weighted by atomic mass is 16.6. The minimum absolute atomic E-state index is 0.249. The van der Waals surface area contributed by atoms with Crippen LogP contribution in [-0.2, 0) is 47.4 Å². The number of ether oxygens (including phenoxy) is 10. The number of hydrogen-bond acceptors (Lipinski definition) is 11. The van der Waals surface area contributed by atoms with Crippen LogP contribution in [-0.4, -0.2) is 125 Å². The van der Waals surface area contributed by atoms with Crippen molar-refractivity contribution in [3.63, 3.8) is 0 Å². The van der Waals surface area contributed by atoms with Crippen molar-refractivity contribution in [2.75, 3.05) is 119 Å². The van der Waals surface area contributed by atoms with Crippen molar-refractivity contribution < 1.29 is 52.2 Å². The number of hydrogen-bond donors (Lipinski definition) is 0. The van der Waals surface area contributed by atoms with Crippen LogP contribution in [0.2, 0.25) is 0 Å². The average Bonchev–Trinajstić information content (AvgIpc) is 2.93. The molecule has 0 N–H and O–H groups in total. The van der Waals surface area contributed by atoms with Gasteiger partial charge in [0.05, 0.1) is 119 Å². The summed E-state index contributed by atoms with van der Waals surface area (Å²) in [6.45, 7) is 8.32. The predicted molar refractivity (Wildman–Crippen MR) is 135 cm³/mol. The summed E-state index contributed by atoms with van der Waals surface area (Å²) in [6, 6.07) is 9.65. The highest BCUT2D eigenvalue weighted by Crippen LogP contribution is 2.07. The lowest BCUT2D eigenvalue weighted by Gasteiger charge is -2.09. The quantitative estimate of drug-likeness (QED) is 0.116. The maximum atomic E-state index is 10.9. The molecule has 1 rings (SSSR count). The Morgan fingerprint density at radius 3 is 1.16 bits per heavy atom. The molecule has 0 aliphatic heterocycles. The number of carbonyl (C=O) groups is 1. The maximum Gasteiger partial charge on any atom is 0.307 e. The van der Waals surface area contributed by atoms with E-state index in [1.165, 1.54) is 7.11 Å². The fraction of sp³-hybridized carbons (Fsp3) is 0.731. The van der Waals surface area contributed by atoms with Gasteiger partial charge in [0.1, 0.15) is 12.4 Å². The van der Waals surface area contributed by atoms with Crippen molar-refractivity contribution in [2.45, 2.75) is 6.42 Å². The molecular formula is C26H44O11. The van der Waals surface area contributed by atoms with Crippen LogP contribution in [0, 0.1) is 0 Å². The van der Waals surface area contributed by atoms with Crippen LogP contribution in [0.4, 0.5) is 0 Å². The number of benzene rings is 1. The molecule has 0 heterocycles. The van der Waals surface area contributed by atoms with Gasteiger partial charge in [0, 0.05) is 0 Å². The van der Waals surface area contributed by atoms with E-state index >= 15 is 0 Å². The van der Waals surface area contributed by atoms with Gasteiger partial charge in [-0.15, -0.1) is 0 Å². The Kier molecular flexibility index (Phi) is 24.4. The van der Waals surface area contributed by atoms with E-state index in [1.807, 2.05) is 30.3 Å². The molecule has 0 saturated carbocycles. The third-order valence-corrected chi connectivity index (χ3v) is 4.52. The van der Waals surface area contributed by atoms with Gasteiger partial charge in [-0.05, 0) is 12.1 Å². The zero-order valence-electron chi connectivity index (χ0n) is 22.1. The lowest BCUT2D eigenvalue weighted by atomic mass is 10.3. The van der Waals surface area contributed by atoms with Crippen molar-refractivity contribution in [1.29, 1.82) is 0 Å². The van der Waals surface area contributed by atoms with E-state index in [4.69, 9.17) is 42.6 Å². The van der Waals surface area contributed by atoms with Gasteiger partial charge in [-0.3, -0.25) is 4.79 Å². The maximum absolute atomic E-state index is 10.9. The summed E-state index contributed by atoms with van der Waals surface area (Å²) in [5.74, 6) is 0.559. The first kappa shape index (κ1) is 33.2. The Balaban J connectivity index is 1.64. The molecule has 37 heavy (non-hydrogen) atoms. The summed E-state index contributed by atoms with van der Waals surface area (Å²) in [5.41, 5.74) is 0. The molecule has 0 atom stereocenters. The fourth-order valence-electron chi connectivity index (χ4n) is 2.63. The highest BCUT2D eigenvalue weighted by molar-refractivity contribution is 5.69. The Morgan fingerprint density at radius 1 is 0.486 bits per heavy atom. The first-order valence-corrected chi connectivity index (χ1v) is 12.7. The smallest absolute Gasteiger partial charge is 0.307 e. The van der Waals surface area contributed by atoms with Crippen LogP contribution in [0.15, 0.2) is 30.3 Å². The van der Waals surface area contributed by atoms with Gasteiger partial charge in [-0.1, -0.05) is 18.2 Å². The third kappa shape index (κ3) is 24.3. The van der Waals surface area contributed by atoms with Crippen LogP contribution in [0.25, 0.3) is 0 Å². The van der Waals surface area contributed by atoms with Crippen molar-refractivity contribution >= 4 is 5.97 Å². The van der Waals surface area contributed by atoms with E-state index in [9.17, 15) is 4.79 Å². The van der Waals surface area contributed by atoms with Gasteiger partial charge in [0.2, 0.25) is 0 Å². The first-order chi connectivity index (χ1) is 18.3. The molecular weight excluding hydrogens is 488 g/mol. The molecule has 1 aromatic carbocycles. The molecule has 0 spiro atoms. The fourth-order valence-corrected chi connectivity index (χ4v) is 2.63. The van der Waals surface area contributed by atoms with E-state index in [2.05, 4.69) is 4.74 Å². The van der Waals surface area contributed by atoms with Crippen LogP contribution in [0.5, 0.6) is 5.75 Å². The van der Waals surface area contributed by atoms with Gasteiger partial charge in [0.15, 0.2) is 0 Å². The molecule has 1 aromatic rings. The Labute approximate surface area is 220 Å². The van der Waals surface area contributed by atoms with E-state index in [-0.39, 0.29) is 12.4 Å². The SMILES string of the molecule is COC(=O)CCOCCOCCOCCOCCOCCOCCOCCOCCOc1ccccc1. The van der Waals surface area contributed by atoms with Gasteiger partial charge in [-0.2, -0.15) is 0 Å². The van der Waals surface area contributed by atoms with Gasteiger partial charge in [-0.25, -0.2) is 0 Å². The van der Waals surface area contributed by atoms with Crippen molar-refractivity contribution in [2.24, 2.45) is 0 Å². The van der Waals surface area contributed by atoms with E-state index in [0.717, 1.165) is 5.75 Å². The largest absolute Gasteiger partial charge is 0.491 e. The Bertz CT molecular complexity index is 603.